The molecule has 0 spiro atoms. The summed E-state index contributed by atoms with van der Waals surface area (Å²) in [4.78, 5) is 0. The normalized spacial score (nSPS) is 16.2. The van der Waals surface area contributed by atoms with Crippen molar-refractivity contribution in [3.63, 3.8) is 0 Å². The maximum Gasteiger partial charge on any atom is 0.310 e. The average molecular weight is 217 g/mol. The molecule has 0 aliphatic carbocycles. The number of rotatable bonds is 3. The summed E-state index contributed by atoms with van der Waals surface area (Å²) in [5.41, 5.74) is 5.82. The fraction of sp³-hybridized carbons (Fsp3) is 0.333. The fourth-order valence-electron chi connectivity index (χ4n) is 1.37. The van der Waals surface area contributed by atoms with Crippen LogP contribution in [0, 0.1) is 0 Å². The van der Waals surface area contributed by atoms with Gasteiger partial charge in [0.1, 0.15) is 5.25 Å². The third-order valence-electron chi connectivity index (χ3n) is 1.91. The van der Waals surface area contributed by atoms with E-state index >= 15 is 0 Å². The van der Waals surface area contributed by atoms with Gasteiger partial charge in [-0.3, -0.25) is 0 Å². The maximum atomic E-state index is 12.9. The highest BCUT2D eigenvalue weighted by atomic mass is 32.3. The van der Waals surface area contributed by atoms with Crippen LogP contribution in [0.1, 0.15) is 17.7 Å². The summed E-state index contributed by atoms with van der Waals surface area (Å²) < 4.78 is 34.5. The van der Waals surface area contributed by atoms with Crippen LogP contribution >= 0.6 is 0 Å². The van der Waals surface area contributed by atoms with Gasteiger partial charge in [0.25, 0.3) is 0 Å². The summed E-state index contributed by atoms with van der Waals surface area (Å²) in [7, 11) is -4.64. The zero-order valence-electron chi connectivity index (χ0n) is 7.72. The zero-order valence-corrected chi connectivity index (χ0v) is 8.54. The molecule has 0 radical (unpaired) electrons. The highest BCUT2D eigenvalue weighted by molar-refractivity contribution is 7.86. The minimum atomic E-state index is -4.64. The van der Waals surface area contributed by atoms with E-state index in [0.29, 0.717) is 5.56 Å². The second kappa shape index (κ2) is 4.06. The Hall–Kier alpha value is -0.940. The lowest BCUT2D eigenvalue weighted by Crippen LogP contribution is -2.29. The van der Waals surface area contributed by atoms with Gasteiger partial charge in [-0.25, -0.2) is 0 Å². The quantitative estimate of drug-likeness (QED) is 0.778. The molecule has 2 N–H and O–H groups in total. The Morgan fingerprint density at radius 3 is 2.14 bits per heavy atom. The first kappa shape index (κ1) is 11.1. The van der Waals surface area contributed by atoms with E-state index in [2.05, 4.69) is 0 Å². The summed E-state index contributed by atoms with van der Waals surface area (Å²) in [6.07, 6.45) is 0. The van der Waals surface area contributed by atoms with Gasteiger partial charge < -0.3 is 5.73 Å². The molecule has 1 aromatic carbocycles. The van der Waals surface area contributed by atoms with E-state index in [4.69, 9.17) is 5.73 Å². The Kier molecular flexibility index (Phi) is 3.23. The van der Waals surface area contributed by atoms with Gasteiger partial charge in [-0.05, 0) is 12.5 Å². The van der Waals surface area contributed by atoms with Crippen molar-refractivity contribution in [1.82, 2.24) is 0 Å². The van der Waals surface area contributed by atoms with Crippen molar-refractivity contribution < 1.29 is 12.3 Å². The number of nitrogens with two attached hydrogens (primary N) is 1. The number of hydrogen-bond donors (Lipinski definition) is 1. The van der Waals surface area contributed by atoms with E-state index in [1.54, 1.807) is 30.3 Å². The van der Waals surface area contributed by atoms with Gasteiger partial charge in [0, 0.05) is 6.04 Å². The summed E-state index contributed by atoms with van der Waals surface area (Å²) in [6, 6.07) is 7.35. The first-order valence-corrected chi connectivity index (χ1v) is 5.61. The lowest BCUT2D eigenvalue weighted by atomic mass is 10.1. The molecule has 1 rings (SSSR count). The minimum Gasteiger partial charge on any atom is -0.326 e. The van der Waals surface area contributed by atoms with Gasteiger partial charge in [-0.15, -0.1) is 3.89 Å². The Balaban J connectivity index is 3.15. The lowest BCUT2D eigenvalue weighted by molar-refractivity contribution is 0.521. The summed E-state index contributed by atoms with van der Waals surface area (Å²) >= 11 is 0. The molecule has 14 heavy (non-hydrogen) atoms. The van der Waals surface area contributed by atoms with Crippen LogP contribution in [0.4, 0.5) is 3.89 Å². The highest BCUT2D eigenvalue weighted by Gasteiger charge is 2.30. The smallest absolute Gasteiger partial charge is 0.310 e. The Morgan fingerprint density at radius 1 is 1.29 bits per heavy atom. The molecule has 3 nitrogen and oxygen atoms in total. The molecule has 0 heterocycles. The van der Waals surface area contributed by atoms with Crippen LogP contribution in [-0.2, 0) is 10.2 Å². The van der Waals surface area contributed by atoms with Crippen LogP contribution in [0.15, 0.2) is 30.3 Å². The third kappa shape index (κ3) is 2.52. The van der Waals surface area contributed by atoms with E-state index in [1.165, 1.54) is 6.92 Å². The van der Waals surface area contributed by atoms with E-state index in [-0.39, 0.29) is 0 Å². The Bertz CT molecular complexity index is 389. The molecule has 0 saturated carbocycles. The molecule has 0 saturated heterocycles. The predicted molar refractivity (Wildman–Crippen MR) is 52.9 cm³/mol. The number of benzene rings is 1. The third-order valence-corrected chi connectivity index (χ3v) is 3.22. The van der Waals surface area contributed by atoms with E-state index < -0.39 is 21.5 Å². The molecule has 78 valence electrons. The zero-order chi connectivity index (χ0) is 10.8. The van der Waals surface area contributed by atoms with E-state index in [9.17, 15) is 12.3 Å². The molecule has 1 aromatic rings. The number of halogens is 1. The van der Waals surface area contributed by atoms with Crippen LogP contribution in [0.25, 0.3) is 0 Å². The summed E-state index contributed by atoms with van der Waals surface area (Å²) in [5.74, 6) is 0. The van der Waals surface area contributed by atoms with Gasteiger partial charge in [0.15, 0.2) is 0 Å². The van der Waals surface area contributed by atoms with Crippen molar-refractivity contribution in [2.24, 2.45) is 5.73 Å². The molecule has 0 fully saturated rings. The van der Waals surface area contributed by atoms with Crippen molar-refractivity contribution >= 4 is 10.2 Å². The molecule has 0 aromatic heterocycles. The SMILES string of the molecule is CC(N)C(c1ccccc1)S(=O)(=O)F. The Morgan fingerprint density at radius 2 is 1.79 bits per heavy atom. The van der Waals surface area contributed by atoms with Gasteiger partial charge in [0.2, 0.25) is 0 Å². The molecule has 5 heteroatoms. The average Bonchev–Trinajstić information content (AvgIpc) is 2.02. The first-order chi connectivity index (χ1) is 6.43. The van der Waals surface area contributed by atoms with Crippen LogP contribution in [0.2, 0.25) is 0 Å². The van der Waals surface area contributed by atoms with Crippen LogP contribution < -0.4 is 5.73 Å². The lowest BCUT2D eigenvalue weighted by Gasteiger charge is -2.16. The topological polar surface area (TPSA) is 60.2 Å². The van der Waals surface area contributed by atoms with Gasteiger partial charge in [-0.2, -0.15) is 8.42 Å². The van der Waals surface area contributed by atoms with E-state index in [0.717, 1.165) is 0 Å². The van der Waals surface area contributed by atoms with Crippen LogP contribution in [-0.4, -0.2) is 14.5 Å². The minimum absolute atomic E-state index is 0.380. The second-order valence-electron chi connectivity index (χ2n) is 3.17. The van der Waals surface area contributed by atoms with Crippen molar-refractivity contribution in [2.75, 3.05) is 0 Å². The van der Waals surface area contributed by atoms with Crippen LogP contribution in [0.3, 0.4) is 0 Å². The molecular formula is C9H12FNO2S. The van der Waals surface area contributed by atoms with Gasteiger partial charge in [-0.1, -0.05) is 30.3 Å². The molecule has 0 amide bonds. The van der Waals surface area contributed by atoms with Gasteiger partial charge >= 0.3 is 10.2 Å². The molecule has 0 aliphatic heterocycles. The maximum absolute atomic E-state index is 12.9. The summed E-state index contributed by atoms with van der Waals surface area (Å²) in [6.45, 7) is 1.47. The van der Waals surface area contributed by atoms with Crippen LogP contribution in [0.5, 0.6) is 0 Å². The standard InChI is InChI=1S/C9H12FNO2S/c1-7(11)9(14(10,12)13)8-5-3-2-4-6-8/h2-7,9H,11H2,1H3. The molecular weight excluding hydrogens is 205 g/mol. The molecule has 0 bridgehead atoms. The molecule has 0 aliphatic rings. The van der Waals surface area contributed by atoms with E-state index in [1.807, 2.05) is 0 Å². The highest BCUT2D eigenvalue weighted by Crippen LogP contribution is 2.26. The van der Waals surface area contributed by atoms with Crippen molar-refractivity contribution in [3.8, 4) is 0 Å². The number of hydrogen-bond acceptors (Lipinski definition) is 3. The second-order valence-corrected chi connectivity index (χ2v) is 4.62. The van der Waals surface area contributed by atoms with Gasteiger partial charge in [0.05, 0.1) is 0 Å². The van der Waals surface area contributed by atoms with Crippen molar-refractivity contribution in [1.29, 1.82) is 0 Å². The summed E-state index contributed by atoms with van der Waals surface area (Å²) in [5, 5.41) is -1.27. The molecule has 2 unspecified atom stereocenters. The largest absolute Gasteiger partial charge is 0.326 e. The Labute approximate surface area is 83.0 Å². The predicted octanol–water partition coefficient (Wildman–Crippen LogP) is 1.37. The fourth-order valence-corrected chi connectivity index (χ4v) is 2.36. The monoisotopic (exact) mass is 217 g/mol. The molecule has 2 atom stereocenters. The van der Waals surface area contributed by atoms with Crippen molar-refractivity contribution in [3.05, 3.63) is 35.9 Å². The van der Waals surface area contributed by atoms with Crippen molar-refractivity contribution in [2.45, 2.75) is 18.2 Å². The first-order valence-electron chi connectivity index (χ1n) is 4.17.